The zero-order chi connectivity index (χ0) is 6.69. The van der Waals surface area contributed by atoms with Gasteiger partial charge in [0.25, 0.3) is 0 Å². The Hall–Kier alpha value is -0.680. The van der Waals surface area contributed by atoms with Crippen LogP contribution in [0.1, 0.15) is 0 Å². The van der Waals surface area contributed by atoms with Crippen LogP contribution in [0.25, 0.3) is 0 Å². The molecule has 0 saturated heterocycles. The van der Waals surface area contributed by atoms with Crippen molar-refractivity contribution in [3.05, 3.63) is 11.5 Å². The van der Waals surface area contributed by atoms with Gasteiger partial charge >= 0.3 is 6.03 Å². The quantitative estimate of drug-likeness (QED) is 0.298. The first-order valence-electron chi connectivity index (χ1n) is 2.38. The molecule has 2 N–H and O–H groups in total. The molecule has 1 heterocycles. The molecule has 0 saturated carbocycles. The van der Waals surface area contributed by atoms with E-state index in [4.69, 9.17) is 5.21 Å². The first-order valence-corrected chi connectivity index (χ1v) is 3.21. The summed E-state index contributed by atoms with van der Waals surface area (Å²) in [6.07, 6.45) is 1.83. The van der Waals surface area contributed by atoms with E-state index in [2.05, 4.69) is 0 Å². The van der Waals surface area contributed by atoms with Crippen molar-refractivity contribution in [1.29, 1.82) is 0 Å². The summed E-state index contributed by atoms with van der Waals surface area (Å²) < 4.78 is 1.39. The van der Waals surface area contributed by atoms with E-state index >= 15 is 0 Å². The fourth-order valence-electron chi connectivity index (χ4n) is 0.485. The number of nitrogens with zero attached hydrogens (tertiary/aromatic N) is 1. The molecule has 1 aliphatic rings. The summed E-state index contributed by atoms with van der Waals surface area (Å²) in [5.41, 5.74) is 1.53. The lowest BCUT2D eigenvalue weighted by Crippen LogP contribution is -2.31. The Morgan fingerprint density at radius 3 is 3.11 bits per heavy atom. The molecule has 9 heavy (non-hydrogen) atoms. The Kier molecular flexibility index (Phi) is 1.96. The molecule has 0 fully saturated rings. The highest BCUT2D eigenvalue weighted by molar-refractivity contribution is 8.00. The van der Waals surface area contributed by atoms with Crippen molar-refractivity contribution >= 4 is 18.0 Å². The SMILES string of the molecule is O=C(NO)N1CC=CS1. The van der Waals surface area contributed by atoms with E-state index in [-0.39, 0.29) is 0 Å². The second-order valence-corrected chi connectivity index (χ2v) is 2.38. The van der Waals surface area contributed by atoms with Gasteiger partial charge in [-0.1, -0.05) is 6.08 Å². The van der Waals surface area contributed by atoms with E-state index in [1.807, 2.05) is 6.08 Å². The van der Waals surface area contributed by atoms with Gasteiger partial charge in [0.05, 0.1) is 6.54 Å². The number of nitrogens with one attached hydrogen (secondary N) is 1. The van der Waals surface area contributed by atoms with Gasteiger partial charge in [-0.25, -0.2) is 10.3 Å². The predicted molar refractivity (Wildman–Crippen MR) is 33.8 cm³/mol. The van der Waals surface area contributed by atoms with Gasteiger partial charge in [-0.3, -0.25) is 9.51 Å². The highest BCUT2D eigenvalue weighted by Crippen LogP contribution is 2.16. The van der Waals surface area contributed by atoms with Crippen LogP contribution >= 0.6 is 11.9 Å². The second-order valence-electron chi connectivity index (χ2n) is 1.46. The maximum absolute atomic E-state index is 10.5. The van der Waals surface area contributed by atoms with Gasteiger partial charge in [-0.15, -0.1) is 0 Å². The first-order chi connectivity index (χ1) is 4.34. The van der Waals surface area contributed by atoms with Crippen molar-refractivity contribution in [3.63, 3.8) is 0 Å². The van der Waals surface area contributed by atoms with Gasteiger partial charge in [0.15, 0.2) is 0 Å². The molecular weight excluding hydrogens is 140 g/mol. The lowest BCUT2D eigenvalue weighted by Gasteiger charge is -2.10. The Labute approximate surface area is 56.6 Å². The fraction of sp³-hybridized carbons (Fsp3) is 0.250. The van der Waals surface area contributed by atoms with Gasteiger partial charge < -0.3 is 0 Å². The van der Waals surface area contributed by atoms with Crippen LogP contribution in [0.4, 0.5) is 4.79 Å². The molecular formula is C4H6N2O2S. The smallest absolute Gasteiger partial charge is 0.287 e. The van der Waals surface area contributed by atoms with Crippen LogP contribution in [0.3, 0.4) is 0 Å². The van der Waals surface area contributed by atoms with E-state index in [9.17, 15) is 4.79 Å². The Bertz CT molecular complexity index is 140. The van der Waals surface area contributed by atoms with E-state index in [1.165, 1.54) is 21.7 Å². The van der Waals surface area contributed by atoms with E-state index in [0.717, 1.165) is 0 Å². The minimum Gasteiger partial charge on any atom is -0.287 e. The topological polar surface area (TPSA) is 52.6 Å². The van der Waals surface area contributed by atoms with Gasteiger partial charge in [0, 0.05) is 0 Å². The summed E-state index contributed by atoms with van der Waals surface area (Å²) in [6.45, 7) is 0.553. The number of rotatable bonds is 0. The zero-order valence-corrected chi connectivity index (χ0v) is 5.39. The van der Waals surface area contributed by atoms with Crippen LogP contribution in [-0.2, 0) is 0 Å². The maximum atomic E-state index is 10.5. The minimum atomic E-state index is -0.481. The average Bonchev–Trinajstić information content (AvgIpc) is 2.37. The van der Waals surface area contributed by atoms with Crippen molar-refractivity contribution < 1.29 is 10.0 Å². The number of urea groups is 1. The molecule has 0 aromatic heterocycles. The highest BCUT2D eigenvalue weighted by Gasteiger charge is 2.13. The molecule has 0 unspecified atom stereocenters. The normalized spacial score (nSPS) is 16.3. The lowest BCUT2D eigenvalue weighted by molar-refractivity contribution is 0.151. The molecule has 1 aliphatic heterocycles. The monoisotopic (exact) mass is 146 g/mol. The van der Waals surface area contributed by atoms with Gasteiger partial charge in [-0.2, -0.15) is 0 Å². The molecule has 1 rings (SSSR count). The third-order valence-electron chi connectivity index (χ3n) is 0.878. The first kappa shape index (κ1) is 6.44. The molecule has 0 radical (unpaired) electrons. The third kappa shape index (κ3) is 1.36. The van der Waals surface area contributed by atoms with Crippen LogP contribution in [0, 0.1) is 0 Å². The lowest BCUT2D eigenvalue weighted by atomic mass is 10.6. The molecule has 5 heteroatoms. The van der Waals surface area contributed by atoms with Crippen LogP contribution in [0.5, 0.6) is 0 Å². The van der Waals surface area contributed by atoms with E-state index in [1.54, 1.807) is 5.41 Å². The Morgan fingerprint density at radius 1 is 1.89 bits per heavy atom. The number of amides is 2. The molecule has 0 aromatic carbocycles. The van der Waals surface area contributed by atoms with Crippen molar-refractivity contribution in [2.75, 3.05) is 6.54 Å². The summed E-state index contributed by atoms with van der Waals surface area (Å²) >= 11 is 1.26. The molecule has 0 aromatic rings. The van der Waals surface area contributed by atoms with E-state index in [0.29, 0.717) is 6.54 Å². The largest absolute Gasteiger partial charge is 0.351 e. The van der Waals surface area contributed by atoms with Crippen LogP contribution in [-0.4, -0.2) is 22.1 Å². The van der Waals surface area contributed by atoms with Crippen molar-refractivity contribution in [1.82, 2.24) is 9.79 Å². The fourth-order valence-corrected chi connectivity index (χ4v) is 1.11. The molecule has 0 bridgehead atoms. The van der Waals surface area contributed by atoms with Gasteiger partial charge in [-0.05, 0) is 17.4 Å². The number of hydroxylamine groups is 1. The summed E-state index contributed by atoms with van der Waals surface area (Å²) in [6, 6.07) is -0.481. The summed E-state index contributed by atoms with van der Waals surface area (Å²) in [5.74, 6) is 0. The number of hydrogen-bond acceptors (Lipinski definition) is 3. The van der Waals surface area contributed by atoms with Gasteiger partial charge in [0.1, 0.15) is 0 Å². The number of hydrogen-bond donors (Lipinski definition) is 2. The molecule has 50 valence electrons. The molecule has 0 aliphatic carbocycles. The third-order valence-corrected chi connectivity index (χ3v) is 1.76. The average molecular weight is 146 g/mol. The predicted octanol–water partition coefficient (Wildman–Crippen LogP) is 0.563. The Morgan fingerprint density at radius 2 is 2.67 bits per heavy atom. The second kappa shape index (κ2) is 2.75. The molecule has 4 nitrogen and oxygen atoms in total. The van der Waals surface area contributed by atoms with Crippen molar-refractivity contribution in [2.24, 2.45) is 0 Å². The summed E-state index contributed by atoms with van der Waals surface area (Å²) in [4.78, 5) is 10.5. The summed E-state index contributed by atoms with van der Waals surface area (Å²) in [5, 5.41) is 9.90. The number of carbonyl (C=O) groups excluding carboxylic acids is 1. The Balaban J connectivity index is 2.36. The highest BCUT2D eigenvalue weighted by atomic mass is 32.2. The van der Waals surface area contributed by atoms with Crippen molar-refractivity contribution in [2.45, 2.75) is 0 Å². The molecule has 0 atom stereocenters. The standard InChI is InChI=1S/C4H6N2O2S/c7-4(5-8)6-2-1-3-9-6/h1,3,8H,2H2,(H,5,7). The molecule has 2 amide bonds. The minimum absolute atomic E-state index is 0.481. The van der Waals surface area contributed by atoms with Crippen LogP contribution in [0.15, 0.2) is 11.5 Å². The summed E-state index contributed by atoms with van der Waals surface area (Å²) in [7, 11) is 0. The van der Waals surface area contributed by atoms with Crippen LogP contribution < -0.4 is 5.48 Å². The maximum Gasteiger partial charge on any atom is 0.351 e. The van der Waals surface area contributed by atoms with Crippen molar-refractivity contribution in [3.8, 4) is 0 Å². The van der Waals surface area contributed by atoms with Crippen LogP contribution in [0.2, 0.25) is 0 Å². The molecule has 0 spiro atoms. The van der Waals surface area contributed by atoms with Gasteiger partial charge in [0.2, 0.25) is 0 Å². The number of carbonyl (C=O) groups is 1. The zero-order valence-electron chi connectivity index (χ0n) is 4.57. The van der Waals surface area contributed by atoms with E-state index < -0.39 is 6.03 Å².